The SMILES string of the molecule is O[C@@H]1CCC[C@H](Oc2ccc(I)cc2)C1. The Labute approximate surface area is 104 Å². The predicted molar refractivity (Wildman–Crippen MR) is 68.0 cm³/mol. The zero-order chi connectivity index (χ0) is 10.7. The third-order valence-electron chi connectivity index (χ3n) is 2.71. The summed E-state index contributed by atoms with van der Waals surface area (Å²) in [5.74, 6) is 0.912. The van der Waals surface area contributed by atoms with Gasteiger partial charge in [0.15, 0.2) is 0 Å². The maximum absolute atomic E-state index is 9.52. The van der Waals surface area contributed by atoms with Crippen LogP contribution < -0.4 is 4.74 Å². The highest BCUT2D eigenvalue weighted by atomic mass is 127. The molecule has 0 aliphatic heterocycles. The van der Waals surface area contributed by atoms with E-state index in [0.717, 1.165) is 31.4 Å². The molecule has 1 fully saturated rings. The van der Waals surface area contributed by atoms with Crippen molar-refractivity contribution < 1.29 is 9.84 Å². The van der Waals surface area contributed by atoms with E-state index in [1.807, 2.05) is 24.3 Å². The van der Waals surface area contributed by atoms with Crippen molar-refractivity contribution in [1.29, 1.82) is 0 Å². The minimum Gasteiger partial charge on any atom is -0.490 e. The van der Waals surface area contributed by atoms with Gasteiger partial charge in [0.2, 0.25) is 0 Å². The number of ether oxygens (including phenoxy) is 1. The van der Waals surface area contributed by atoms with Crippen molar-refractivity contribution in [3.8, 4) is 5.75 Å². The van der Waals surface area contributed by atoms with Crippen molar-refractivity contribution in [2.24, 2.45) is 0 Å². The molecule has 2 atom stereocenters. The van der Waals surface area contributed by atoms with Crippen LogP contribution in [0.2, 0.25) is 0 Å². The molecule has 82 valence electrons. The second-order valence-corrected chi connectivity index (χ2v) is 5.26. The number of rotatable bonds is 2. The molecular weight excluding hydrogens is 303 g/mol. The Morgan fingerprint density at radius 3 is 2.60 bits per heavy atom. The van der Waals surface area contributed by atoms with Crippen LogP contribution in [0.3, 0.4) is 0 Å². The van der Waals surface area contributed by atoms with Crippen LogP contribution in [0.5, 0.6) is 5.75 Å². The van der Waals surface area contributed by atoms with E-state index in [1.165, 1.54) is 3.57 Å². The smallest absolute Gasteiger partial charge is 0.119 e. The molecule has 0 saturated heterocycles. The average Bonchev–Trinajstić information content (AvgIpc) is 2.22. The fourth-order valence-electron chi connectivity index (χ4n) is 1.93. The van der Waals surface area contributed by atoms with E-state index in [2.05, 4.69) is 22.6 Å². The van der Waals surface area contributed by atoms with E-state index in [9.17, 15) is 5.11 Å². The number of benzene rings is 1. The topological polar surface area (TPSA) is 29.5 Å². The van der Waals surface area contributed by atoms with Crippen LogP contribution in [-0.2, 0) is 0 Å². The summed E-state index contributed by atoms with van der Waals surface area (Å²) in [6, 6.07) is 8.05. The van der Waals surface area contributed by atoms with Crippen LogP contribution in [0.15, 0.2) is 24.3 Å². The molecule has 1 aliphatic rings. The summed E-state index contributed by atoms with van der Waals surface area (Å²) in [7, 11) is 0. The van der Waals surface area contributed by atoms with Gasteiger partial charge in [0.25, 0.3) is 0 Å². The van der Waals surface area contributed by atoms with Gasteiger partial charge >= 0.3 is 0 Å². The molecule has 2 rings (SSSR count). The monoisotopic (exact) mass is 318 g/mol. The molecule has 3 heteroatoms. The van der Waals surface area contributed by atoms with Gasteiger partial charge in [0.05, 0.1) is 6.10 Å². The Morgan fingerprint density at radius 1 is 1.20 bits per heavy atom. The van der Waals surface area contributed by atoms with Crippen LogP contribution in [0.25, 0.3) is 0 Å². The van der Waals surface area contributed by atoms with Crippen molar-refractivity contribution in [2.75, 3.05) is 0 Å². The van der Waals surface area contributed by atoms with Gasteiger partial charge in [-0.3, -0.25) is 0 Å². The summed E-state index contributed by atoms with van der Waals surface area (Å²) < 4.78 is 7.03. The molecule has 0 radical (unpaired) electrons. The number of halogens is 1. The molecule has 0 spiro atoms. The molecule has 15 heavy (non-hydrogen) atoms. The molecule has 0 unspecified atom stereocenters. The lowest BCUT2D eigenvalue weighted by Gasteiger charge is -2.26. The number of hydrogen-bond donors (Lipinski definition) is 1. The van der Waals surface area contributed by atoms with Gasteiger partial charge in [-0.15, -0.1) is 0 Å². The minimum absolute atomic E-state index is 0.174. The van der Waals surface area contributed by atoms with Gasteiger partial charge in [-0.2, -0.15) is 0 Å². The number of aliphatic hydroxyl groups is 1. The minimum atomic E-state index is -0.174. The molecule has 1 N–H and O–H groups in total. The lowest BCUT2D eigenvalue weighted by molar-refractivity contribution is 0.0536. The average molecular weight is 318 g/mol. The van der Waals surface area contributed by atoms with Gasteiger partial charge in [0.1, 0.15) is 11.9 Å². The van der Waals surface area contributed by atoms with E-state index in [0.29, 0.717) is 0 Å². The first-order valence-electron chi connectivity index (χ1n) is 5.34. The van der Waals surface area contributed by atoms with E-state index >= 15 is 0 Å². The summed E-state index contributed by atoms with van der Waals surface area (Å²) >= 11 is 2.27. The van der Waals surface area contributed by atoms with E-state index in [4.69, 9.17) is 4.74 Å². The van der Waals surface area contributed by atoms with Crippen molar-refractivity contribution in [2.45, 2.75) is 37.9 Å². The van der Waals surface area contributed by atoms with Crippen molar-refractivity contribution in [1.82, 2.24) is 0 Å². The Morgan fingerprint density at radius 2 is 1.93 bits per heavy atom. The normalized spacial score (nSPS) is 26.3. The second kappa shape index (κ2) is 5.16. The van der Waals surface area contributed by atoms with Gasteiger partial charge in [0, 0.05) is 9.99 Å². The Hall–Kier alpha value is -0.290. The van der Waals surface area contributed by atoms with Crippen LogP contribution in [-0.4, -0.2) is 17.3 Å². The van der Waals surface area contributed by atoms with E-state index < -0.39 is 0 Å². The highest BCUT2D eigenvalue weighted by Gasteiger charge is 2.21. The Balaban J connectivity index is 1.93. The highest BCUT2D eigenvalue weighted by molar-refractivity contribution is 14.1. The zero-order valence-corrected chi connectivity index (χ0v) is 10.7. The molecule has 1 aromatic rings. The van der Waals surface area contributed by atoms with Crippen molar-refractivity contribution in [3.63, 3.8) is 0 Å². The first kappa shape index (κ1) is 11.2. The molecule has 1 aromatic carbocycles. The van der Waals surface area contributed by atoms with Gasteiger partial charge in [-0.05, 0) is 66.1 Å². The lowest BCUT2D eigenvalue weighted by Crippen LogP contribution is -2.28. The van der Waals surface area contributed by atoms with E-state index in [1.54, 1.807) is 0 Å². The first-order valence-corrected chi connectivity index (χ1v) is 6.42. The Bertz CT molecular complexity index is 310. The molecular formula is C12H15IO2. The summed E-state index contributed by atoms with van der Waals surface area (Å²) in [4.78, 5) is 0. The summed E-state index contributed by atoms with van der Waals surface area (Å²) in [6.45, 7) is 0. The molecule has 0 amide bonds. The predicted octanol–water partition coefficient (Wildman–Crippen LogP) is 2.97. The lowest BCUT2D eigenvalue weighted by atomic mass is 9.95. The standard InChI is InChI=1S/C12H15IO2/c13-9-4-6-11(7-5-9)15-12-3-1-2-10(14)8-12/h4-7,10,12,14H,1-3,8H2/t10-,12+/m1/s1. The van der Waals surface area contributed by atoms with Crippen LogP contribution >= 0.6 is 22.6 Å². The summed E-state index contributed by atoms with van der Waals surface area (Å²) in [5, 5.41) is 9.52. The van der Waals surface area contributed by atoms with Crippen molar-refractivity contribution >= 4 is 22.6 Å². The Kier molecular flexibility index (Phi) is 3.86. The molecule has 0 bridgehead atoms. The van der Waals surface area contributed by atoms with Crippen LogP contribution in [0, 0.1) is 3.57 Å². The summed E-state index contributed by atoms with van der Waals surface area (Å²) in [5.41, 5.74) is 0. The quantitative estimate of drug-likeness (QED) is 0.850. The second-order valence-electron chi connectivity index (χ2n) is 4.01. The van der Waals surface area contributed by atoms with Crippen LogP contribution in [0.4, 0.5) is 0 Å². The first-order chi connectivity index (χ1) is 7.24. The van der Waals surface area contributed by atoms with E-state index in [-0.39, 0.29) is 12.2 Å². The largest absolute Gasteiger partial charge is 0.490 e. The maximum atomic E-state index is 9.52. The molecule has 1 saturated carbocycles. The number of aliphatic hydroxyl groups excluding tert-OH is 1. The molecule has 2 nitrogen and oxygen atoms in total. The van der Waals surface area contributed by atoms with Gasteiger partial charge in [-0.25, -0.2) is 0 Å². The molecule has 1 aliphatic carbocycles. The highest BCUT2D eigenvalue weighted by Crippen LogP contribution is 2.24. The fourth-order valence-corrected chi connectivity index (χ4v) is 2.29. The fraction of sp³-hybridized carbons (Fsp3) is 0.500. The van der Waals surface area contributed by atoms with Crippen molar-refractivity contribution in [3.05, 3.63) is 27.8 Å². The van der Waals surface area contributed by atoms with Gasteiger partial charge < -0.3 is 9.84 Å². The zero-order valence-electron chi connectivity index (χ0n) is 8.53. The molecule has 0 aromatic heterocycles. The van der Waals surface area contributed by atoms with Gasteiger partial charge in [-0.1, -0.05) is 0 Å². The summed E-state index contributed by atoms with van der Waals surface area (Å²) in [6.07, 6.45) is 3.83. The third kappa shape index (κ3) is 3.34. The molecule has 0 heterocycles. The maximum Gasteiger partial charge on any atom is 0.119 e. The third-order valence-corrected chi connectivity index (χ3v) is 3.43. The van der Waals surface area contributed by atoms with Crippen LogP contribution in [0.1, 0.15) is 25.7 Å². The number of hydrogen-bond acceptors (Lipinski definition) is 2.